The lowest BCUT2D eigenvalue weighted by Gasteiger charge is -2.29. The monoisotopic (exact) mass is 444 g/mol. The van der Waals surface area contributed by atoms with Crippen molar-refractivity contribution in [3.8, 4) is 17.2 Å². The minimum atomic E-state index is -4.60. The molecule has 3 rings (SSSR count). The van der Waals surface area contributed by atoms with E-state index in [0.717, 1.165) is 16.8 Å². The average Bonchev–Trinajstić information content (AvgIpc) is 3.50. The second kappa shape index (κ2) is 9.29. The van der Waals surface area contributed by atoms with Crippen LogP contribution in [0.15, 0.2) is 42.6 Å². The van der Waals surface area contributed by atoms with E-state index in [-0.39, 0.29) is 17.9 Å². The zero-order valence-electron chi connectivity index (χ0n) is 18.3. The first-order chi connectivity index (χ1) is 15.0. The van der Waals surface area contributed by atoms with Crippen LogP contribution in [0.5, 0.6) is 0 Å². The standard InChI is InChI=1S/C24H27F3N4O/c1-15(2)13-20(22(32)31-23(14-28)10-11-23)30-21(24(25,26)27)18-8-6-17(7-9-18)19-5-4-12-29-16(19)3/h4-9,12,15,20-21,30H,10-11,13H2,1-3H3,(H,31,32)/t20-,21-/m0/s1. The molecule has 0 saturated heterocycles. The summed E-state index contributed by atoms with van der Waals surface area (Å²) in [6.45, 7) is 5.52. The SMILES string of the molecule is Cc1ncccc1-c1ccc([C@H](N[C@@H](CC(C)C)C(=O)NC2(C#N)CC2)C(F)(F)F)cc1. The summed E-state index contributed by atoms with van der Waals surface area (Å²) in [7, 11) is 0. The van der Waals surface area contributed by atoms with Crippen molar-refractivity contribution >= 4 is 5.91 Å². The Bertz CT molecular complexity index is 992. The Morgan fingerprint density at radius 2 is 1.88 bits per heavy atom. The molecule has 5 nitrogen and oxygen atoms in total. The number of aromatic nitrogens is 1. The van der Waals surface area contributed by atoms with Gasteiger partial charge in [0.05, 0.1) is 12.1 Å². The normalized spacial score (nSPS) is 16.8. The van der Waals surface area contributed by atoms with Crippen LogP contribution in [0, 0.1) is 24.2 Å². The van der Waals surface area contributed by atoms with Crippen LogP contribution in [0.25, 0.3) is 11.1 Å². The summed E-state index contributed by atoms with van der Waals surface area (Å²) in [5.41, 5.74) is 1.47. The molecule has 0 unspecified atom stereocenters. The Morgan fingerprint density at radius 3 is 2.38 bits per heavy atom. The highest BCUT2D eigenvalue weighted by Gasteiger charge is 2.47. The number of aryl methyl sites for hydroxylation is 1. The van der Waals surface area contributed by atoms with Gasteiger partial charge in [0.25, 0.3) is 0 Å². The molecule has 2 atom stereocenters. The Morgan fingerprint density at radius 1 is 1.22 bits per heavy atom. The van der Waals surface area contributed by atoms with Gasteiger partial charge in [-0.3, -0.25) is 15.1 Å². The highest BCUT2D eigenvalue weighted by Crippen LogP contribution is 2.36. The highest BCUT2D eigenvalue weighted by atomic mass is 19.4. The van der Waals surface area contributed by atoms with E-state index >= 15 is 0 Å². The van der Waals surface area contributed by atoms with E-state index in [4.69, 9.17) is 0 Å². The van der Waals surface area contributed by atoms with Crippen LogP contribution in [0.3, 0.4) is 0 Å². The minimum Gasteiger partial charge on any atom is -0.336 e. The van der Waals surface area contributed by atoms with Gasteiger partial charge in [-0.25, -0.2) is 0 Å². The van der Waals surface area contributed by atoms with Crippen molar-refractivity contribution in [2.45, 2.75) is 63.8 Å². The molecule has 1 aliphatic carbocycles. The van der Waals surface area contributed by atoms with Gasteiger partial charge in [-0.1, -0.05) is 44.2 Å². The molecule has 1 saturated carbocycles. The Kier molecular flexibility index (Phi) is 6.89. The fourth-order valence-corrected chi connectivity index (χ4v) is 3.66. The zero-order chi connectivity index (χ0) is 23.5. The van der Waals surface area contributed by atoms with Crippen LogP contribution in [-0.4, -0.2) is 28.6 Å². The maximum absolute atomic E-state index is 14.0. The van der Waals surface area contributed by atoms with Crippen molar-refractivity contribution in [2.75, 3.05) is 0 Å². The van der Waals surface area contributed by atoms with Crippen molar-refractivity contribution < 1.29 is 18.0 Å². The number of hydrogen-bond donors (Lipinski definition) is 2. The summed E-state index contributed by atoms with van der Waals surface area (Å²) in [6, 6.07) is 8.71. The molecule has 1 amide bonds. The summed E-state index contributed by atoms with van der Waals surface area (Å²) in [5.74, 6) is -0.588. The first-order valence-electron chi connectivity index (χ1n) is 10.6. The van der Waals surface area contributed by atoms with Crippen LogP contribution in [0.4, 0.5) is 13.2 Å². The number of carbonyl (C=O) groups excluding carboxylic acids is 1. The number of rotatable bonds is 8. The molecule has 1 heterocycles. The van der Waals surface area contributed by atoms with E-state index < -0.39 is 29.7 Å². The van der Waals surface area contributed by atoms with Crippen LogP contribution in [0.1, 0.15) is 50.4 Å². The number of pyridine rings is 1. The molecular weight excluding hydrogens is 417 g/mol. The fraction of sp³-hybridized carbons (Fsp3) is 0.458. The lowest BCUT2D eigenvalue weighted by molar-refractivity contribution is -0.161. The number of nitriles is 1. The molecule has 2 aromatic rings. The van der Waals surface area contributed by atoms with Gasteiger partial charge in [0.2, 0.25) is 5.91 Å². The second-order valence-corrected chi connectivity index (χ2v) is 8.76. The number of nitrogens with one attached hydrogen (secondary N) is 2. The molecule has 0 aliphatic heterocycles. The van der Waals surface area contributed by atoms with Gasteiger partial charge in [0.1, 0.15) is 11.6 Å². The summed E-state index contributed by atoms with van der Waals surface area (Å²) in [4.78, 5) is 17.0. The van der Waals surface area contributed by atoms with Gasteiger partial charge in [-0.05, 0) is 49.3 Å². The molecule has 170 valence electrons. The van der Waals surface area contributed by atoms with Crippen LogP contribution >= 0.6 is 0 Å². The molecular formula is C24H27F3N4O. The maximum Gasteiger partial charge on any atom is 0.407 e. The first kappa shape index (κ1) is 23.7. The predicted octanol–water partition coefficient (Wildman–Crippen LogP) is 4.84. The largest absolute Gasteiger partial charge is 0.407 e. The number of halogens is 3. The summed E-state index contributed by atoms with van der Waals surface area (Å²) in [5, 5.41) is 14.4. The molecule has 32 heavy (non-hydrogen) atoms. The van der Waals surface area contributed by atoms with Gasteiger partial charge >= 0.3 is 6.18 Å². The number of amides is 1. The third kappa shape index (κ3) is 5.65. The van der Waals surface area contributed by atoms with Gasteiger partial charge in [-0.15, -0.1) is 0 Å². The number of hydrogen-bond acceptors (Lipinski definition) is 4. The van der Waals surface area contributed by atoms with E-state index in [0.29, 0.717) is 12.8 Å². The van der Waals surface area contributed by atoms with E-state index in [9.17, 15) is 23.2 Å². The Labute approximate surface area is 186 Å². The van der Waals surface area contributed by atoms with Gasteiger partial charge in [-0.2, -0.15) is 18.4 Å². The van der Waals surface area contributed by atoms with E-state index in [1.807, 2.05) is 32.9 Å². The number of carbonyl (C=O) groups is 1. The van der Waals surface area contributed by atoms with Crippen LogP contribution in [-0.2, 0) is 4.79 Å². The highest BCUT2D eigenvalue weighted by molar-refractivity contribution is 5.83. The molecule has 1 aromatic carbocycles. The lowest BCUT2D eigenvalue weighted by atomic mass is 9.97. The maximum atomic E-state index is 14.0. The molecule has 1 aromatic heterocycles. The van der Waals surface area contributed by atoms with Crippen molar-refractivity contribution in [3.63, 3.8) is 0 Å². The second-order valence-electron chi connectivity index (χ2n) is 8.76. The Hall–Kier alpha value is -2.92. The fourth-order valence-electron chi connectivity index (χ4n) is 3.66. The van der Waals surface area contributed by atoms with Gasteiger partial charge in [0.15, 0.2) is 0 Å². The molecule has 0 bridgehead atoms. The van der Waals surface area contributed by atoms with Crippen LogP contribution < -0.4 is 10.6 Å². The van der Waals surface area contributed by atoms with Crippen molar-refractivity contribution in [2.24, 2.45) is 5.92 Å². The summed E-state index contributed by atoms with van der Waals surface area (Å²) >= 11 is 0. The molecule has 0 spiro atoms. The molecule has 1 aliphatic rings. The van der Waals surface area contributed by atoms with E-state index in [1.54, 1.807) is 24.4 Å². The smallest absolute Gasteiger partial charge is 0.336 e. The quantitative estimate of drug-likeness (QED) is 0.611. The van der Waals surface area contributed by atoms with Crippen LogP contribution in [0.2, 0.25) is 0 Å². The van der Waals surface area contributed by atoms with E-state index in [1.165, 1.54) is 12.1 Å². The molecule has 8 heteroatoms. The lowest BCUT2D eigenvalue weighted by Crippen LogP contribution is -2.52. The third-order valence-corrected chi connectivity index (χ3v) is 5.61. The molecule has 2 N–H and O–H groups in total. The minimum absolute atomic E-state index is 0.0136. The van der Waals surface area contributed by atoms with Crippen molar-refractivity contribution in [3.05, 3.63) is 53.9 Å². The Balaban J connectivity index is 1.85. The summed E-state index contributed by atoms with van der Waals surface area (Å²) in [6.07, 6.45) is -1.70. The number of alkyl halides is 3. The third-order valence-electron chi connectivity index (χ3n) is 5.61. The summed E-state index contributed by atoms with van der Waals surface area (Å²) < 4.78 is 42.0. The zero-order valence-corrected chi connectivity index (χ0v) is 18.3. The number of nitrogens with zero attached hydrogens (tertiary/aromatic N) is 2. The predicted molar refractivity (Wildman–Crippen MR) is 115 cm³/mol. The average molecular weight is 445 g/mol. The first-order valence-corrected chi connectivity index (χ1v) is 10.6. The van der Waals surface area contributed by atoms with E-state index in [2.05, 4.69) is 15.6 Å². The molecule has 0 radical (unpaired) electrons. The van der Waals surface area contributed by atoms with Crippen molar-refractivity contribution in [1.29, 1.82) is 5.26 Å². The topological polar surface area (TPSA) is 77.8 Å². The molecule has 1 fully saturated rings. The van der Waals surface area contributed by atoms with Gasteiger partial charge in [0, 0.05) is 17.5 Å². The van der Waals surface area contributed by atoms with Crippen molar-refractivity contribution in [1.82, 2.24) is 15.6 Å². The number of benzene rings is 1. The van der Waals surface area contributed by atoms with Gasteiger partial charge < -0.3 is 5.32 Å².